The van der Waals surface area contributed by atoms with E-state index < -0.39 is 0 Å². The van der Waals surface area contributed by atoms with Gasteiger partial charge < -0.3 is 9.72 Å². The summed E-state index contributed by atoms with van der Waals surface area (Å²) in [6.07, 6.45) is 5.88. The van der Waals surface area contributed by atoms with Crippen molar-refractivity contribution in [1.29, 1.82) is 0 Å². The van der Waals surface area contributed by atoms with Crippen LogP contribution < -0.4 is 0 Å². The number of aromatic amines is 1. The largest absolute Gasteiger partial charge is 0.381 e. The Morgan fingerprint density at radius 2 is 1.73 bits per heavy atom. The molecule has 0 amide bonds. The van der Waals surface area contributed by atoms with Crippen LogP contribution in [0.3, 0.4) is 0 Å². The number of para-hydroxylation sites is 1. The summed E-state index contributed by atoms with van der Waals surface area (Å²) in [6, 6.07) is 10.3. The Morgan fingerprint density at radius 1 is 0.933 bits per heavy atom. The van der Waals surface area contributed by atoms with Gasteiger partial charge in [-0.2, -0.15) is 0 Å². The molecular weight excluding hydrogens is 186 g/mol. The fourth-order valence-electron chi connectivity index (χ4n) is 1.68. The first-order valence-electron chi connectivity index (χ1n) is 5.57. The molecule has 0 saturated carbocycles. The SMILES string of the molecule is C1CCOCC1.c1ccc2[nH]ccc2c1. The van der Waals surface area contributed by atoms with Crippen LogP contribution in [0.2, 0.25) is 0 Å². The molecule has 2 heteroatoms. The van der Waals surface area contributed by atoms with Gasteiger partial charge >= 0.3 is 0 Å². The lowest BCUT2D eigenvalue weighted by Gasteiger charge is -2.08. The van der Waals surface area contributed by atoms with Crippen molar-refractivity contribution >= 4 is 10.9 Å². The summed E-state index contributed by atoms with van der Waals surface area (Å²) in [5.74, 6) is 0. The van der Waals surface area contributed by atoms with E-state index in [0.717, 1.165) is 13.2 Å². The van der Waals surface area contributed by atoms with E-state index >= 15 is 0 Å². The van der Waals surface area contributed by atoms with Crippen molar-refractivity contribution in [3.63, 3.8) is 0 Å². The van der Waals surface area contributed by atoms with Gasteiger partial charge in [0.15, 0.2) is 0 Å². The van der Waals surface area contributed by atoms with E-state index in [-0.39, 0.29) is 0 Å². The molecule has 2 nitrogen and oxygen atoms in total. The quantitative estimate of drug-likeness (QED) is 0.697. The highest BCUT2D eigenvalue weighted by Gasteiger charge is 1.95. The second-order valence-corrected chi connectivity index (χ2v) is 3.74. The van der Waals surface area contributed by atoms with Crippen LogP contribution >= 0.6 is 0 Å². The van der Waals surface area contributed by atoms with Crippen LogP contribution in [0.15, 0.2) is 36.5 Å². The number of rotatable bonds is 0. The molecule has 3 rings (SSSR count). The minimum Gasteiger partial charge on any atom is -0.381 e. The highest BCUT2D eigenvalue weighted by molar-refractivity contribution is 5.78. The predicted molar refractivity (Wildman–Crippen MR) is 63.0 cm³/mol. The molecular formula is C13H17NO. The highest BCUT2D eigenvalue weighted by Crippen LogP contribution is 2.09. The molecule has 1 fully saturated rings. The molecule has 0 unspecified atom stereocenters. The first-order valence-corrected chi connectivity index (χ1v) is 5.57. The first kappa shape index (κ1) is 10.2. The molecule has 80 valence electrons. The van der Waals surface area contributed by atoms with E-state index in [2.05, 4.69) is 23.2 Å². The standard InChI is InChI=1S/C8H7N.C5H10O/c1-2-4-8-7(3-1)5-6-9-8;1-2-4-6-5-3-1/h1-6,9H;1-5H2. The third kappa shape index (κ3) is 3.10. The maximum Gasteiger partial charge on any atom is 0.0466 e. The Morgan fingerprint density at radius 3 is 2.33 bits per heavy atom. The Bertz CT molecular complexity index is 348. The zero-order valence-corrected chi connectivity index (χ0v) is 8.91. The van der Waals surface area contributed by atoms with Gasteiger partial charge in [-0.3, -0.25) is 0 Å². The number of benzene rings is 1. The van der Waals surface area contributed by atoms with E-state index in [1.165, 1.54) is 30.2 Å². The topological polar surface area (TPSA) is 25.0 Å². The minimum absolute atomic E-state index is 1.00. The fourth-order valence-corrected chi connectivity index (χ4v) is 1.68. The van der Waals surface area contributed by atoms with Crippen molar-refractivity contribution < 1.29 is 4.74 Å². The summed E-state index contributed by atoms with van der Waals surface area (Å²) in [7, 11) is 0. The van der Waals surface area contributed by atoms with E-state index in [1.54, 1.807) is 0 Å². The monoisotopic (exact) mass is 203 g/mol. The molecule has 1 aliphatic heterocycles. The number of nitrogens with one attached hydrogen (secondary N) is 1. The van der Waals surface area contributed by atoms with Gasteiger partial charge in [0.2, 0.25) is 0 Å². The van der Waals surface area contributed by atoms with E-state index in [1.807, 2.05) is 18.3 Å². The van der Waals surface area contributed by atoms with E-state index in [9.17, 15) is 0 Å². The smallest absolute Gasteiger partial charge is 0.0466 e. The lowest BCUT2D eigenvalue weighted by molar-refractivity contribution is 0.0968. The fraction of sp³-hybridized carbons (Fsp3) is 0.385. The van der Waals surface area contributed by atoms with Gasteiger partial charge in [-0.1, -0.05) is 18.2 Å². The Labute approximate surface area is 90.3 Å². The van der Waals surface area contributed by atoms with Crippen molar-refractivity contribution in [2.24, 2.45) is 0 Å². The van der Waals surface area contributed by atoms with Crippen molar-refractivity contribution in [1.82, 2.24) is 4.98 Å². The Balaban J connectivity index is 0.000000124. The van der Waals surface area contributed by atoms with Gasteiger partial charge in [0.05, 0.1) is 0 Å². The lowest BCUT2D eigenvalue weighted by Crippen LogP contribution is -2.03. The molecule has 1 aromatic heterocycles. The van der Waals surface area contributed by atoms with Gasteiger partial charge in [0.1, 0.15) is 0 Å². The van der Waals surface area contributed by atoms with Crippen molar-refractivity contribution in [2.45, 2.75) is 19.3 Å². The van der Waals surface area contributed by atoms with Gasteiger partial charge in [-0.25, -0.2) is 0 Å². The third-order valence-electron chi connectivity index (χ3n) is 2.54. The average molecular weight is 203 g/mol. The summed E-state index contributed by atoms with van der Waals surface area (Å²) in [5.41, 5.74) is 1.21. The second-order valence-electron chi connectivity index (χ2n) is 3.74. The summed E-state index contributed by atoms with van der Waals surface area (Å²) in [5, 5.41) is 1.28. The molecule has 0 atom stereocenters. The maximum atomic E-state index is 5.07. The Kier molecular flexibility index (Phi) is 3.80. The first-order chi connectivity index (χ1) is 7.47. The molecule has 0 aliphatic carbocycles. The van der Waals surface area contributed by atoms with Crippen LogP contribution in [-0.4, -0.2) is 18.2 Å². The molecule has 1 N–H and O–H groups in total. The number of hydrogen-bond acceptors (Lipinski definition) is 1. The summed E-state index contributed by atoms with van der Waals surface area (Å²) < 4.78 is 5.07. The highest BCUT2D eigenvalue weighted by atomic mass is 16.5. The normalized spacial score (nSPS) is 15.7. The van der Waals surface area contributed by atoms with Crippen molar-refractivity contribution in [3.8, 4) is 0 Å². The number of fused-ring (bicyclic) bond motifs is 1. The molecule has 1 aliphatic rings. The van der Waals surface area contributed by atoms with Crippen LogP contribution in [0.5, 0.6) is 0 Å². The molecule has 2 heterocycles. The van der Waals surface area contributed by atoms with Crippen molar-refractivity contribution in [2.75, 3.05) is 13.2 Å². The van der Waals surface area contributed by atoms with Crippen LogP contribution in [0, 0.1) is 0 Å². The van der Waals surface area contributed by atoms with Gasteiger partial charge in [0.25, 0.3) is 0 Å². The zero-order chi connectivity index (χ0) is 10.3. The molecule has 1 aromatic carbocycles. The zero-order valence-electron chi connectivity index (χ0n) is 8.91. The van der Waals surface area contributed by atoms with Crippen LogP contribution in [-0.2, 0) is 4.74 Å². The van der Waals surface area contributed by atoms with Crippen molar-refractivity contribution in [3.05, 3.63) is 36.5 Å². The molecule has 0 spiro atoms. The summed E-state index contributed by atoms with van der Waals surface area (Å²) >= 11 is 0. The number of aromatic nitrogens is 1. The molecule has 15 heavy (non-hydrogen) atoms. The predicted octanol–water partition coefficient (Wildman–Crippen LogP) is 3.35. The van der Waals surface area contributed by atoms with Crippen LogP contribution in [0.1, 0.15) is 19.3 Å². The molecule has 0 radical (unpaired) electrons. The van der Waals surface area contributed by atoms with Crippen LogP contribution in [0.25, 0.3) is 10.9 Å². The van der Waals surface area contributed by atoms with E-state index in [4.69, 9.17) is 4.74 Å². The average Bonchev–Trinajstić information content (AvgIpc) is 2.80. The molecule has 0 bridgehead atoms. The van der Waals surface area contributed by atoms with Gasteiger partial charge in [-0.15, -0.1) is 0 Å². The number of ether oxygens (including phenoxy) is 1. The molecule has 2 aromatic rings. The number of H-pyrrole nitrogens is 1. The van der Waals surface area contributed by atoms with Gasteiger partial charge in [0, 0.05) is 24.9 Å². The maximum absolute atomic E-state index is 5.07. The van der Waals surface area contributed by atoms with Crippen LogP contribution in [0.4, 0.5) is 0 Å². The number of hydrogen-bond donors (Lipinski definition) is 1. The third-order valence-corrected chi connectivity index (χ3v) is 2.54. The summed E-state index contributed by atoms with van der Waals surface area (Å²) in [4.78, 5) is 3.12. The second kappa shape index (κ2) is 5.56. The van der Waals surface area contributed by atoms with Gasteiger partial charge in [-0.05, 0) is 36.8 Å². The minimum atomic E-state index is 1.00. The van der Waals surface area contributed by atoms with E-state index in [0.29, 0.717) is 0 Å². The molecule has 1 saturated heterocycles. The summed E-state index contributed by atoms with van der Waals surface area (Å²) in [6.45, 7) is 2.00. The Hall–Kier alpha value is -1.28. The lowest BCUT2D eigenvalue weighted by atomic mass is 10.2.